The van der Waals surface area contributed by atoms with Crippen molar-refractivity contribution in [3.63, 3.8) is 0 Å². The van der Waals surface area contributed by atoms with Crippen LogP contribution in [0.25, 0.3) is 17.3 Å². The van der Waals surface area contributed by atoms with Crippen LogP contribution in [0.4, 0.5) is 0 Å². The minimum atomic E-state index is -0.0394. The van der Waals surface area contributed by atoms with E-state index in [1.807, 2.05) is 30.5 Å². The van der Waals surface area contributed by atoms with Crippen LogP contribution in [0.1, 0.15) is 43.2 Å². The molecule has 34 heavy (non-hydrogen) atoms. The number of benzene rings is 1. The molecule has 0 bridgehead atoms. The first-order valence-corrected chi connectivity index (χ1v) is 12.4. The summed E-state index contributed by atoms with van der Waals surface area (Å²) in [7, 11) is 0. The summed E-state index contributed by atoms with van der Waals surface area (Å²) in [6, 6.07) is 18.5. The third-order valence-electron chi connectivity index (χ3n) is 6.49. The van der Waals surface area contributed by atoms with Gasteiger partial charge >= 0.3 is 0 Å². The number of carbonyl (C=O) groups is 1. The molecule has 0 spiro atoms. The van der Waals surface area contributed by atoms with E-state index in [1.165, 1.54) is 30.4 Å². The van der Waals surface area contributed by atoms with Crippen LogP contribution in [0.3, 0.4) is 0 Å². The second kappa shape index (κ2) is 12.8. The lowest BCUT2D eigenvalue weighted by Crippen LogP contribution is -2.33. The van der Waals surface area contributed by atoms with Crippen LogP contribution in [0.2, 0.25) is 0 Å². The van der Waals surface area contributed by atoms with Crippen molar-refractivity contribution >= 4 is 12.0 Å². The van der Waals surface area contributed by atoms with E-state index in [1.54, 1.807) is 24.5 Å². The van der Waals surface area contributed by atoms with Crippen LogP contribution in [0.5, 0.6) is 0 Å². The van der Waals surface area contributed by atoms with Crippen LogP contribution in [0, 0.1) is 5.92 Å². The van der Waals surface area contributed by atoms with E-state index in [0.29, 0.717) is 0 Å². The molecule has 1 N–H and O–H groups in total. The minimum absolute atomic E-state index is 0.0394. The van der Waals surface area contributed by atoms with Gasteiger partial charge in [0.1, 0.15) is 0 Å². The van der Waals surface area contributed by atoms with Gasteiger partial charge in [-0.3, -0.25) is 19.7 Å². The highest BCUT2D eigenvalue weighted by atomic mass is 16.1. The number of rotatable bonds is 10. The van der Waals surface area contributed by atoms with Gasteiger partial charge in [0.15, 0.2) is 0 Å². The van der Waals surface area contributed by atoms with Gasteiger partial charge < -0.3 is 5.32 Å². The molecule has 0 radical (unpaired) electrons. The predicted molar refractivity (Wildman–Crippen MR) is 138 cm³/mol. The molecular formula is C29H34N4O. The number of carbonyl (C=O) groups excluding carboxylic acids is 1. The van der Waals surface area contributed by atoms with E-state index in [2.05, 4.69) is 50.5 Å². The van der Waals surface area contributed by atoms with E-state index in [9.17, 15) is 4.79 Å². The van der Waals surface area contributed by atoms with E-state index in [-0.39, 0.29) is 5.91 Å². The highest BCUT2D eigenvalue weighted by Gasteiger charge is 2.20. The molecule has 1 fully saturated rings. The number of pyridine rings is 2. The number of piperidine rings is 1. The van der Waals surface area contributed by atoms with Gasteiger partial charge in [0, 0.05) is 43.3 Å². The fraction of sp³-hybridized carbons (Fsp3) is 0.345. The van der Waals surface area contributed by atoms with Crippen molar-refractivity contribution in [2.75, 3.05) is 19.6 Å². The van der Waals surface area contributed by atoms with Crippen molar-refractivity contribution in [1.82, 2.24) is 20.2 Å². The lowest BCUT2D eigenvalue weighted by Gasteiger charge is -2.32. The van der Waals surface area contributed by atoms with Crippen molar-refractivity contribution in [1.29, 1.82) is 0 Å². The minimum Gasteiger partial charge on any atom is -0.353 e. The predicted octanol–water partition coefficient (Wildman–Crippen LogP) is 5.36. The van der Waals surface area contributed by atoms with E-state index < -0.39 is 0 Å². The second-order valence-electron chi connectivity index (χ2n) is 9.00. The highest BCUT2D eigenvalue weighted by Crippen LogP contribution is 2.26. The van der Waals surface area contributed by atoms with Crippen LogP contribution in [-0.4, -0.2) is 40.4 Å². The van der Waals surface area contributed by atoms with Gasteiger partial charge in [-0.1, -0.05) is 55.3 Å². The molecule has 1 aromatic carbocycles. The molecule has 0 aliphatic carbocycles. The van der Waals surface area contributed by atoms with Gasteiger partial charge in [-0.15, -0.1) is 0 Å². The fourth-order valence-corrected chi connectivity index (χ4v) is 4.57. The van der Waals surface area contributed by atoms with Gasteiger partial charge in [-0.05, 0) is 67.6 Å². The van der Waals surface area contributed by atoms with Crippen LogP contribution >= 0.6 is 0 Å². The zero-order chi connectivity index (χ0) is 23.4. The molecule has 3 aromatic rings. The summed E-state index contributed by atoms with van der Waals surface area (Å²) in [4.78, 5) is 23.2. The van der Waals surface area contributed by atoms with Gasteiger partial charge in [-0.2, -0.15) is 0 Å². The average molecular weight is 455 g/mol. The largest absolute Gasteiger partial charge is 0.353 e. The monoisotopic (exact) mass is 454 g/mol. The molecule has 1 aliphatic heterocycles. The van der Waals surface area contributed by atoms with Crippen LogP contribution in [-0.2, 0) is 11.3 Å². The van der Waals surface area contributed by atoms with Gasteiger partial charge in [-0.25, -0.2) is 0 Å². The van der Waals surface area contributed by atoms with Crippen molar-refractivity contribution in [3.05, 3.63) is 90.4 Å². The summed E-state index contributed by atoms with van der Waals surface area (Å²) in [6.45, 7) is 3.98. The third-order valence-corrected chi connectivity index (χ3v) is 6.49. The maximum atomic E-state index is 12.0. The molecule has 5 nitrogen and oxygen atoms in total. The maximum absolute atomic E-state index is 12.0. The normalized spacial score (nSPS) is 14.9. The Balaban J connectivity index is 1.13. The molecule has 0 saturated carbocycles. The number of unbranched alkanes of at least 4 members (excludes halogenated alkanes) is 1. The first kappa shape index (κ1) is 23.8. The molecule has 1 aliphatic rings. The fourth-order valence-electron chi connectivity index (χ4n) is 4.57. The van der Waals surface area contributed by atoms with Crippen molar-refractivity contribution in [3.8, 4) is 11.3 Å². The Labute approximate surface area is 203 Å². The standard InChI is InChI=1S/C29H34N4O/c34-28(14-13-25-9-6-17-30-22-25)31-18-5-4-8-24-15-20-33(21-16-24)23-27-12-7-19-32-29(27)26-10-2-1-3-11-26/h1-3,6-7,9-14,17,19,22,24H,4-5,8,15-16,18,20-21,23H2,(H,31,34). The number of nitrogens with one attached hydrogen (secondary N) is 1. The first-order valence-electron chi connectivity index (χ1n) is 12.4. The number of nitrogens with zero attached hydrogens (tertiary/aromatic N) is 3. The summed E-state index contributed by atoms with van der Waals surface area (Å²) in [5.41, 5.74) is 4.53. The molecule has 4 rings (SSSR count). The summed E-state index contributed by atoms with van der Waals surface area (Å²) >= 11 is 0. The number of amides is 1. The number of hydrogen-bond acceptors (Lipinski definition) is 4. The summed E-state index contributed by atoms with van der Waals surface area (Å²) in [5, 5.41) is 2.98. The molecule has 1 amide bonds. The van der Waals surface area contributed by atoms with E-state index in [4.69, 9.17) is 0 Å². The smallest absolute Gasteiger partial charge is 0.243 e. The summed E-state index contributed by atoms with van der Waals surface area (Å²) < 4.78 is 0. The maximum Gasteiger partial charge on any atom is 0.243 e. The molecule has 0 unspecified atom stereocenters. The summed E-state index contributed by atoms with van der Waals surface area (Å²) in [5.74, 6) is 0.752. The average Bonchev–Trinajstić information content (AvgIpc) is 2.90. The molecule has 176 valence electrons. The molecule has 2 aromatic heterocycles. The Morgan fingerprint density at radius 3 is 2.62 bits per heavy atom. The Morgan fingerprint density at radius 2 is 1.82 bits per heavy atom. The van der Waals surface area contributed by atoms with Crippen LogP contribution in [0.15, 0.2) is 79.3 Å². The zero-order valence-corrected chi connectivity index (χ0v) is 19.8. The van der Waals surface area contributed by atoms with Crippen LogP contribution < -0.4 is 5.32 Å². The number of hydrogen-bond donors (Lipinski definition) is 1. The number of aromatic nitrogens is 2. The van der Waals surface area contributed by atoms with Crippen molar-refractivity contribution in [2.24, 2.45) is 5.92 Å². The van der Waals surface area contributed by atoms with Gasteiger partial charge in [0.2, 0.25) is 5.91 Å². The SMILES string of the molecule is O=C(C=Cc1cccnc1)NCCCCC1CCN(Cc2cccnc2-c2ccccc2)CC1. The third kappa shape index (κ3) is 7.35. The quantitative estimate of drug-likeness (QED) is 0.331. The van der Waals surface area contributed by atoms with Crippen molar-refractivity contribution < 1.29 is 4.79 Å². The molecule has 0 atom stereocenters. The Hall–Kier alpha value is -3.31. The Kier molecular flexibility index (Phi) is 8.98. The van der Waals surface area contributed by atoms with E-state index in [0.717, 1.165) is 56.2 Å². The Bertz CT molecular complexity index is 1040. The molecular weight excluding hydrogens is 420 g/mol. The lowest BCUT2D eigenvalue weighted by molar-refractivity contribution is -0.116. The Morgan fingerprint density at radius 1 is 1.00 bits per heavy atom. The highest BCUT2D eigenvalue weighted by molar-refractivity contribution is 5.91. The number of likely N-dealkylation sites (tertiary alicyclic amines) is 1. The molecule has 3 heterocycles. The van der Waals surface area contributed by atoms with Gasteiger partial charge in [0.25, 0.3) is 0 Å². The topological polar surface area (TPSA) is 58.1 Å². The zero-order valence-electron chi connectivity index (χ0n) is 19.8. The first-order chi connectivity index (χ1) is 16.8. The van der Waals surface area contributed by atoms with Crippen molar-refractivity contribution in [2.45, 2.75) is 38.6 Å². The molecule has 1 saturated heterocycles. The summed E-state index contributed by atoms with van der Waals surface area (Å²) in [6.07, 6.45) is 14.7. The van der Waals surface area contributed by atoms with Gasteiger partial charge in [0.05, 0.1) is 5.69 Å². The second-order valence-corrected chi connectivity index (χ2v) is 9.00. The lowest BCUT2D eigenvalue weighted by atomic mass is 9.91. The molecule has 5 heteroatoms. The van der Waals surface area contributed by atoms with E-state index >= 15 is 0 Å².